The molecule has 1 aliphatic carbocycles. The second kappa shape index (κ2) is 5.46. The minimum absolute atomic E-state index is 0.0700. The summed E-state index contributed by atoms with van der Waals surface area (Å²) in [4.78, 5) is 11.3. The number of nitrogens with zero attached hydrogens (tertiary/aromatic N) is 2. The fourth-order valence-electron chi connectivity index (χ4n) is 2.26. The molecular formula is C14H13ClN4O. The lowest BCUT2D eigenvalue weighted by Gasteiger charge is -2.17. The first kappa shape index (κ1) is 12.9. The van der Waals surface area contributed by atoms with Crippen molar-refractivity contribution in [3.05, 3.63) is 57.0 Å². The van der Waals surface area contributed by atoms with Crippen molar-refractivity contribution in [2.75, 3.05) is 5.43 Å². The Morgan fingerprint density at radius 1 is 1.25 bits per heavy atom. The van der Waals surface area contributed by atoms with E-state index in [0.717, 1.165) is 25.0 Å². The molecule has 3 rings (SSSR count). The maximum Gasteiger partial charge on any atom is 0.285 e. The predicted octanol–water partition coefficient (Wildman–Crippen LogP) is 2.38. The Bertz CT molecular complexity index is 723. The molecule has 0 unspecified atom stereocenters. The maximum absolute atomic E-state index is 11.3. The van der Waals surface area contributed by atoms with Crippen molar-refractivity contribution < 1.29 is 0 Å². The Hall–Kier alpha value is -2.14. The van der Waals surface area contributed by atoms with E-state index in [9.17, 15) is 4.79 Å². The van der Waals surface area contributed by atoms with Gasteiger partial charge in [-0.15, -0.1) is 0 Å². The van der Waals surface area contributed by atoms with Crippen LogP contribution in [0, 0.1) is 0 Å². The number of hydrogen-bond acceptors (Lipinski definition) is 4. The van der Waals surface area contributed by atoms with Gasteiger partial charge in [-0.2, -0.15) is 10.2 Å². The Morgan fingerprint density at radius 2 is 2.05 bits per heavy atom. The molecule has 102 valence electrons. The van der Waals surface area contributed by atoms with Gasteiger partial charge in [0.15, 0.2) is 0 Å². The molecule has 20 heavy (non-hydrogen) atoms. The number of anilines is 1. The van der Waals surface area contributed by atoms with Crippen LogP contribution in [0.2, 0.25) is 5.02 Å². The van der Waals surface area contributed by atoms with Gasteiger partial charge in [-0.25, -0.2) is 5.10 Å². The summed E-state index contributed by atoms with van der Waals surface area (Å²) in [6, 6.07) is 8.36. The van der Waals surface area contributed by atoms with E-state index < -0.39 is 5.56 Å². The van der Waals surface area contributed by atoms with Gasteiger partial charge < -0.3 is 0 Å². The molecule has 0 fully saturated rings. The van der Waals surface area contributed by atoms with Gasteiger partial charge in [0, 0.05) is 12.1 Å². The number of H-pyrrole nitrogens is 1. The summed E-state index contributed by atoms with van der Waals surface area (Å²) in [7, 11) is 0. The SMILES string of the molecule is O=c1[nH]ncc(N/N=C2/CCc3ccccc3C2)c1Cl. The number of halogens is 1. The molecule has 0 spiro atoms. The van der Waals surface area contributed by atoms with Gasteiger partial charge >= 0.3 is 0 Å². The van der Waals surface area contributed by atoms with Crippen LogP contribution in [0.3, 0.4) is 0 Å². The first-order valence-corrected chi connectivity index (χ1v) is 6.73. The minimum Gasteiger partial charge on any atom is -0.275 e. The second-order valence-electron chi connectivity index (χ2n) is 4.66. The highest BCUT2D eigenvalue weighted by atomic mass is 35.5. The standard InChI is InChI=1S/C14H13ClN4O/c15-13-12(8-16-19-14(13)20)18-17-11-6-5-9-3-1-2-4-10(9)7-11/h1-4,8H,5-7H2,(H2,18,19,20)/b17-11-. The number of aromatic amines is 1. The average molecular weight is 289 g/mol. The number of nitrogens with one attached hydrogen (secondary N) is 2. The summed E-state index contributed by atoms with van der Waals surface area (Å²) in [6.45, 7) is 0. The fourth-order valence-corrected chi connectivity index (χ4v) is 2.39. The van der Waals surface area contributed by atoms with Crippen molar-refractivity contribution >= 4 is 23.0 Å². The molecule has 0 radical (unpaired) electrons. The van der Waals surface area contributed by atoms with Gasteiger partial charge in [-0.3, -0.25) is 10.2 Å². The van der Waals surface area contributed by atoms with Gasteiger partial charge in [0.2, 0.25) is 0 Å². The van der Waals surface area contributed by atoms with Gasteiger partial charge in [0.1, 0.15) is 10.7 Å². The number of rotatable bonds is 2. The molecule has 0 bridgehead atoms. The van der Waals surface area contributed by atoms with Crippen LogP contribution in [-0.2, 0) is 12.8 Å². The normalized spacial score (nSPS) is 15.9. The van der Waals surface area contributed by atoms with Crippen LogP contribution in [0.15, 0.2) is 40.4 Å². The third kappa shape index (κ3) is 2.58. The summed E-state index contributed by atoms with van der Waals surface area (Å²) in [6.07, 6.45) is 4.15. The molecule has 6 heteroatoms. The first-order chi connectivity index (χ1) is 9.74. The zero-order chi connectivity index (χ0) is 13.9. The van der Waals surface area contributed by atoms with Gasteiger partial charge in [-0.1, -0.05) is 35.9 Å². The van der Waals surface area contributed by atoms with Crippen LogP contribution in [0.25, 0.3) is 0 Å². The van der Waals surface area contributed by atoms with E-state index in [1.807, 2.05) is 6.07 Å². The van der Waals surface area contributed by atoms with Crippen molar-refractivity contribution in [1.29, 1.82) is 0 Å². The van der Waals surface area contributed by atoms with Crippen molar-refractivity contribution in [2.24, 2.45) is 5.10 Å². The third-order valence-electron chi connectivity index (χ3n) is 3.33. The van der Waals surface area contributed by atoms with E-state index in [0.29, 0.717) is 5.69 Å². The monoisotopic (exact) mass is 288 g/mol. The summed E-state index contributed by atoms with van der Waals surface area (Å²) < 4.78 is 0. The predicted molar refractivity (Wildman–Crippen MR) is 79.4 cm³/mol. The van der Waals surface area contributed by atoms with Gasteiger partial charge in [0.25, 0.3) is 5.56 Å². The molecule has 0 atom stereocenters. The van der Waals surface area contributed by atoms with Crippen molar-refractivity contribution in [2.45, 2.75) is 19.3 Å². The van der Waals surface area contributed by atoms with E-state index >= 15 is 0 Å². The molecule has 0 saturated carbocycles. The summed E-state index contributed by atoms with van der Waals surface area (Å²) in [5.41, 5.74) is 6.54. The minimum atomic E-state index is -0.425. The number of benzene rings is 1. The molecule has 2 aromatic rings. The van der Waals surface area contributed by atoms with Crippen LogP contribution in [0.1, 0.15) is 17.5 Å². The van der Waals surface area contributed by atoms with Crippen molar-refractivity contribution in [3.8, 4) is 0 Å². The Labute approximate surface area is 120 Å². The fraction of sp³-hybridized carbons (Fsp3) is 0.214. The molecule has 5 nitrogen and oxygen atoms in total. The first-order valence-electron chi connectivity index (χ1n) is 6.35. The molecule has 0 amide bonds. The smallest absolute Gasteiger partial charge is 0.275 e. The maximum atomic E-state index is 11.3. The van der Waals surface area contributed by atoms with Crippen LogP contribution in [0.4, 0.5) is 5.69 Å². The summed E-state index contributed by atoms with van der Waals surface area (Å²) in [5, 5.41) is 10.4. The molecular weight excluding hydrogens is 276 g/mol. The Balaban J connectivity index is 1.78. The molecule has 0 aliphatic heterocycles. The second-order valence-corrected chi connectivity index (χ2v) is 5.04. The quantitative estimate of drug-likeness (QED) is 0.834. The lowest BCUT2D eigenvalue weighted by atomic mass is 9.90. The van der Waals surface area contributed by atoms with Crippen molar-refractivity contribution in [3.63, 3.8) is 0 Å². The van der Waals surface area contributed by atoms with Gasteiger partial charge in [-0.05, 0) is 24.0 Å². The molecule has 1 aromatic heterocycles. The highest BCUT2D eigenvalue weighted by molar-refractivity contribution is 6.32. The number of fused-ring (bicyclic) bond motifs is 1. The van der Waals surface area contributed by atoms with Crippen LogP contribution in [0.5, 0.6) is 0 Å². The third-order valence-corrected chi connectivity index (χ3v) is 3.70. The van der Waals surface area contributed by atoms with Crippen LogP contribution < -0.4 is 11.0 Å². The van der Waals surface area contributed by atoms with Crippen LogP contribution >= 0.6 is 11.6 Å². The topological polar surface area (TPSA) is 70.1 Å². The number of hydrazone groups is 1. The van der Waals surface area contributed by atoms with E-state index in [4.69, 9.17) is 11.6 Å². The lowest BCUT2D eigenvalue weighted by Crippen LogP contribution is -2.16. The Morgan fingerprint density at radius 3 is 2.90 bits per heavy atom. The van der Waals surface area contributed by atoms with Gasteiger partial charge in [0.05, 0.1) is 6.20 Å². The zero-order valence-electron chi connectivity index (χ0n) is 10.7. The molecule has 1 aromatic carbocycles. The zero-order valence-corrected chi connectivity index (χ0v) is 11.4. The molecule has 1 aliphatic rings. The van der Waals surface area contributed by atoms with E-state index in [-0.39, 0.29) is 5.02 Å². The van der Waals surface area contributed by atoms with E-state index in [2.05, 4.69) is 38.9 Å². The van der Waals surface area contributed by atoms with Crippen molar-refractivity contribution in [1.82, 2.24) is 10.2 Å². The lowest BCUT2D eigenvalue weighted by molar-refractivity contribution is 0.939. The highest BCUT2D eigenvalue weighted by Gasteiger charge is 2.13. The molecule has 2 N–H and O–H groups in total. The largest absolute Gasteiger partial charge is 0.285 e. The Kier molecular flexibility index (Phi) is 3.52. The van der Waals surface area contributed by atoms with E-state index in [1.54, 1.807) is 0 Å². The molecule has 1 heterocycles. The number of aryl methyl sites for hydroxylation is 1. The average Bonchev–Trinajstić information content (AvgIpc) is 2.48. The van der Waals surface area contributed by atoms with Crippen LogP contribution in [-0.4, -0.2) is 15.9 Å². The van der Waals surface area contributed by atoms with E-state index in [1.165, 1.54) is 17.3 Å². The molecule has 0 saturated heterocycles. The number of hydrogen-bond donors (Lipinski definition) is 2. The highest BCUT2D eigenvalue weighted by Crippen LogP contribution is 2.20. The summed E-state index contributed by atoms with van der Waals surface area (Å²) >= 11 is 5.88. The summed E-state index contributed by atoms with van der Waals surface area (Å²) in [5.74, 6) is 0. The number of aromatic nitrogens is 2.